The number of benzene rings is 1. The van der Waals surface area contributed by atoms with Gasteiger partial charge in [-0.25, -0.2) is 9.37 Å². The molecule has 7 nitrogen and oxygen atoms in total. The summed E-state index contributed by atoms with van der Waals surface area (Å²) < 4.78 is 22.4. The van der Waals surface area contributed by atoms with Gasteiger partial charge >= 0.3 is 0 Å². The summed E-state index contributed by atoms with van der Waals surface area (Å²) >= 11 is 3.50. The molecule has 1 aromatic carbocycles. The highest BCUT2D eigenvalue weighted by atomic mass is 79.9. The van der Waals surface area contributed by atoms with Crippen LogP contribution in [0.25, 0.3) is 16.7 Å². The molecule has 0 spiro atoms. The third-order valence-corrected chi connectivity index (χ3v) is 5.37. The van der Waals surface area contributed by atoms with Crippen LogP contribution in [-0.4, -0.2) is 37.7 Å². The van der Waals surface area contributed by atoms with Gasteiger partial charge in [0.1, 0.15) is 22.1 Å². The van der Waals surface area contributed by atoms with Gasteiger partial charge in [0.25, 0.3) is 5.78 Å². The second-order valence-corrected chi connectivity index (χ2v) is 7.03. The Bertz CT molecular complexity index is 1190. The lowest BCUT2D eigenvalue weighted by atomic mass is 10.1. The number of aromatic nitrogens is 5. The molecule has 1 aliphatic rings. The van der Waals surface area contributed by atoms with Crippen LogP contribution in [0.3, 0.4) is 0 Å². The molecule has 0 fully saturated rings. The Hall–Kier alpha value is -2.65. The topological polar surface area (TPSA) is 68.4 Å². The summed E-state index contributed by atoms with van der Waals surface area (Å²) in [7, 11) is 0. The SMILES string of the molecule is Cc1nnc2nc(N3CCOCc4c3ccnc4Br)c3cc(F)ccc3n12. The lowest BCUT2D eigenvalue weighted by molar-refractivity contribution is 0.132. The third-order valence-electron chi connectivity index (χ3n) is 4.68. The third kappa shape index (κ3) is 2.57. The minimum atomic E-state index is -0.321. The first-order chi connectivity index (χ1) is 13.1. The zero-order valence-corrected chi connectivity index (χ0v) is 15.9. The first-order valence-electron chi connectivity index (χ1n) is 8.43. The van der Waals surface area contributed by atoms with Crippen LogP contribution in [-0.2, 0) is 11.3 Å². The number of hydrogen-bond donors (Lipinski definition) is 0. The molecule has 0 saturated carbocycles. The van der Waals surface area contributed by atoms with Gasteiger partial charge in [0.2, 0.25) is 0 Å². The maximum absolute atomic E-state index is 14.1. The van der Waals surface area contributed by atoms with E-state index in [9.17, 15) is 4.39 Å². The molecule has 1 aliphatic heterocycles. The minimum Gasteiger partial charge on any atom is -0.375 e. The van der Waals surface area contributed by atoms with Crippen molar-refractivity contribution in [1.82, 2.24) is 24.6 Å². The molecule has 27 heavy (non-hydrogen) atoms. The van der Waals surface area contributed by atoms with Crippen molar-refractivity contribution in [3.05, 3.63) is 52.3 Å². The standard InChI is InChI=1S/C18H14BrFN6O/c1-10-23-24-18-22-17(12-8-11(20)2-3-15(12)26(10)18)25-6-7-27-9-13-14(25)4-5-21-16(13)19/h2-5,8H,6-7,9H2,1H3. The first-order valence-corrected chi connectivity index (χ1v) is 9.22. The van der Waals surface area contributed by atoms with E-state index in [0.29, 0.717) is 42.6 Å². The van der Waals surface area contributed by atoms with Crippen LogP contribution < -0.4 is 4.90 Å². The molecule has 0 atom stereocenters. The maximum Gasteiger partial charge on any atom is 0.257 e. The molecule has 4 aromatic rings. The second kappa shape index (κ2) is 6.21. The Morgan fingerprint density at radius 1 is 1.22 bits per heavy atom. The summed E-state index contributed by atoms with van der Waals surface area (Å²) in [4.78, 5) is 11.0. The quantitative estimate of drug-likeness (QED) is 0.431. The zero-order chi connectivity index (χ0) is 18.5. The van der Waals surface area contributed by atoms with E-state index in [1.807, 2.05) is 22.3 Å². The molecule has 0 unspecified atom stereocenters. The van der Waals surface area contributed by atoms with Crippen LogP contribution in [0.5, 0.6) is 0 Å². The number of rotatable bonds is 1. The van der Waals surface area contributed by atoms with Crippen LogP contribution in [0.4, 0.5) is 15.9 Å². The molecule has 136 valence electrons. The van der Waals surface area contributed by atoms with Crippen LogP contribution >= 0.6 is 15.9 Å². The van der Waals surface area contributed by atoms with Gasteiger partial charge in [-0.2, -0.15) is 4.98 Å². The summed E-state index contributed by atoms with van der Waals surface area (Å²) in [5.41, 5.74) is 2.66. The van der Waals surface area contributed by atoms with Crippen LogP contribution in [0.15, 0.2) is 35.1 Å². The number of anilines is 2. The van der Waals surface area contributed by atoms with E-state index in [-0.39, 0.29) is 5.82 Å². The first kappa shape index (κ1) is 16.5. The van der Waals surface area contributed by atoms with Gasteiger partial charge in [-0.15, -0.1) is 10.2 Å². The van der Waals surface area contributed by atoms with Crippen molar-refractivity contribution < 1.29 is 9.13 Å². The molecule has 0 saturated heterocycles. The molecular weight excluding hydrogens is 415 g/mol. The van der Waals surface area contributed by atoms with Gasteiger partial charge in [0.15, 0.2) is 0 Å². The molecule has 5 rings (SSSR count). The Morgan fingerprint density at radius 2 is 2.11 bits per heavy atom. The van der Waals surface area contributed by atoms with Crippen molar-refractivity contribution in [2.24, 2.45) is 0 Å². The maximum atomic E-state index is 14.1. The molecule has 0 radical (unpaired) electrons. The fourth-order valence-electron chi connectivity index (χ4n) is 3.46. The van der Waals surface area contributed by atoms with Crippen molar-refractivity contribution in [2.45, 2.75) is 13.5 Å². The smallest absolute Gasteiger partial charge is 0.257 e. The molecule has 4 heterocycles. The largest absolute Gasteiger partial charge is 0.375 e. The zero-order valence-electron chi connectivity index (χ0n) is 14.4. The minimum absolute atomic E-state index is 0.321. The molecular formula is C18H14BrFN6O. The molecule has 9 heteroatoms. The van der Waals surface area contributed by atoms with E-state index >= 15 is 0 Å². The van der Waals surface area contributed by atoms with Crippen molar-refractivity contribution in [3.63, 3.8) is 0 Å². The predicted octanol–water partition coefficient (Wildman–Crippen LogP) is 3.55. The van der Waals surface area contributed by atoms with E-state index in [1.165, 1.54) is 12.1 Å². The highest BCUT2D eigenvalue weighted by Gasteiger charge is 2.24. The van der Waals surface area contributed by atoms with Crippen LogP contribution in [0, 0.1) is 12.7 Å². The van der Waals surface area contributed by atoms with Crippen molar-refractivity contribution in [2.75, 3.05) is 18.1 Å². The average molecular weight is 429 g/mol. The average Bonchev–Trinajstić information content (AvgIpc) is 2.89. The molecule has 0 amide bonds. The Kier molecular flexibility index (Phi) is 3.80. The number of fused-ring (bicyclic) bond motifs is 4. The van der Waals surface area contributed by atoms with Gasteiger partial charge in [-0.1, -0.05) is 0 Å². The van der Waals surface area contributed by atoms with Gasteiger partial charge in [0.05, 0.1) is 24.4 Å². The summed E-state index contributed by atoms with van der Waals surface area (Å²) in [5, 5.41) is 8.99. The summed E-state index contributed by atoms with van der Waals surface area (Å²) in [6, 6.07) is 6.58. The summed E-state index contributed by atoms with van der Waals surface area (Å²) in [6.45, 7) is 3.38. The van der Waals surface area contributed by atoms with Crippen molar-refractivity contribution in [1.29, 1.82) is 0 Å². The molecule has 0 aliphatic carbocycles. The lowest BCUT2D eigenvalue weighted by Crippen LogP contribution is -2.22. The van der Waals surface area contributed by atoms with Gasteiger partial charge < -0.3 is 9.64 Å². The Morgan fingerprint density at radius 3 is 3.00 bits per heavy atom. The highest BCUT2D eigenvalue weighted by Crippen LogP contribution is 2.36. The van der Waals surface area contributed by atoms with E-state index < -0.39 is 0 Å². The number of halogens is 2. The summed E-state index contributed by atoms with van der Waals surface area (Å²) in [6.07, 6.45) is 1.73. The van der Waals surface area contributed by atoms with Gasteiger partial charge in [-0.05, 0) is 47.1 Å². The summed E-state index contributed by atoms with van der Waals surface area (Å²) in [5.74, 6) is 1.47. The number of hydrogen-bond acceptors (Lipinski definition) is 6. The van der Waals surface area contributed by atoms with Crippen LogP contribution in [0.2, 0.25) is 0 Å². The lowest BCUT2D eigenvalue weighted by Gasteiger charge is -2.25. The van der Waals surface area contributed by atoms with E-state index in [2.05, 4.69) is 31.1 Å². The van der Waals surface area contributed by atoms with Gasteiger partial charge in [-0.3, -0.25) is 4.40 Å². The van der Waals surface area contributed by atoms with E-state index in [4.69, 9.17) is 9.72 Å². The van der Waals surface area contributed by atoms with E-state index in [1.54, 1.807) is 12.3 Å². The number of nitrogens with zero attached hydrogens (tertiary/aromatic N) is 6. The number of ether oxygens (including phenoxy) is 1. The van der Waals surface area contributed by atoms with E-state index in [0.717, 1.165) is 21.4 Å². The Balaban J connectivity index is 1.85. The normalized spacial score (nSPS) is 14.6. The fraction of sp³-hybridized carbons (Fsp3) is 0.222. The van der Waals surface area contributed by atoms with Gasteiger partial charge in [0, 0.05) is 23.7 Å². The highest BCUT2D eigenvalue weighted by molar-refractivity contribution is 9.10. The Labute approximate surface area is 161 Å². The van der Waals surface area contributed by atoms with Crippen LogP contribution in [0.1, 0.15) is 11.4 Å². The van der Waals surface area contributed by atoms with Crippen molar-refractivity contribution in [3.8, 4) is 0 Å². The number of aryl methyl sites for hydroxylation is 1. The molecule has 0 N–H and O–H groups in total. The van der Waals surface area contributed by atoms with Crippen molar-refractivity contribution >= 4 is 44.1 Å². The fourth-order valence-corrected chi connectivity index (χ4v) is 3.90. The monoisotopic (exact) mass is 428 g/mol. The molecule has 0 bridgehead atoms. The number of pyridine rings is 1. The second-order valence-electron chi connectivity index (χ2n) is 6.28. The predicted molar refractivity (Wildman–Crippen MR) is 102 cm³/mol. The molecule has 3 aromatic heterocycles.